The summed E-state index contributed by atoms with van der Waals surface area (Å²) in [4.78, 5) is 31.3. The van der Waals surface area contributed by atoms with E-state index in [1.807, 2.05) is 0 Å². The summed E-state index contributed by atoms with van der Waals surface area (Å²) in [6.07, 6.45) is 9.47. The minimum absolute atomic E-state index is 0.00212. The molecule has 8 nitrogen and oxygen atoms in total. The molecular formula is C21H34N6O2S. The zero-order valence-corrected chi connectivity index (χ0v) is 18.7. The molecule has 1 N–H and O–H groups in total. The first-order valence-corrected chi connectivity index (χ1v) is 12.4. The van der Waals surface area contributed by atoms with E-state index in [-0.39, 0.29) is 17.7 Å². The molecule has 3 saturated heterocycles. The van der Waals surface area contributed by atoms with Crippen molar-refractivity contribution in [3.05, 3.63) is 0 Å². The van der Waals surface area contributed by atoms with Gasteiger partial charge in [0.2, 0.25) is 22.1 Å². The van der Waals surface area contributed by atoms with Crippen molar-refractivity contribution in [2.45, 2.75) is 57.8 Å². The highest BCUT2D eigenvalue weighted by atomic mass is 32.1. The van der Waals surface area contributed by atoms with Gasteiger partial charge in [-0.05, 0) is 64.6 Å². The lowest BCUT2D eigenvalue weighted by atomic mass is 9.97. The maximum Gasteiger partial charge on any atom is 0.228 e. The Bertz CT molecular complexity index is 720. The average Bonchev–Trinajstić information content (AvgIpc) is 3.28. The second-order valence-corrected chi connectivity index (χ2v) is 9.64. The highest BCUT2D eigenvalue weighted by molar-refractivity contribution is 7.19. The average molecular weight is 435 g/mol. The van der Waals surface area contributed by atoms with Gasteiger partial charge in [-0.2, -0.15) is 0 Å². The molecule has 0 aliphatic carbocycles. The summed E-state index contributed by atoms with van der Waals surface area (Å²) >= 11 is 1.47. The van der Waals surface area contributed by atoms with Crippen molar-refractivity contribution < 1.29 is 9.59 Å². The number of likely N-dealkylation sites (tertiary alicyclic amines) is 1. The lowest BCUT2D eigenvalue weighted by Gasteiger charge is -2.31. The van der Waals surface area contributed by atoms with Crippen LogP contribution in [0.25, 0.3) is 0 Å². The Kier molecular flexibility index (Phi) is 7.54. The van der Waals surface area contributed by atoms with E-state index in [0.717, 1.165) is 63.4 Å². The molecule has 2 amide bonds. The van der Waals surface area contributed by atoms with E-state index in [1.54, 1.807) is 4.90 Å². The Morgan fingerprint density at radius 3 is 2.63 bits per heavy atom. The van der Waals surface area contributed by atoms with Crippen LogP contribution in [0.15, 0.2) is 0 Å². The molecular weight excluding hydrogens is 400 g/mol. The Labute approximate surface area is 183 Å². The van der Waals surface area contributed by atoms with Gasteiger partial charge in [-0.1, -0.05) is 17.8 Å². The maximum absolute atomic E-state index is 12.7. The lowest BCUT2D eigenvalue weighted by Crippen LogP contribution is -2.43. The lowest BCUT2D eigenvalue weighted by molar-refractivity contribution is -0.125. The summed E-state index contributed by atoms with van der Waals surface area (Å²) in [6, 6.07) is 0. The number of hydrogen-bond donors (Lipinski definition) is 1. The van der Waals surface area contributed by atoms with Crippen molar-refractivity contribution >= 4 is 33.4 Å². The zero-order valence-electron chi connectivity index (χ0n) is 17.9. The van der Waals surface area contributed by atoms with Crippen molar-refractivity contribution in [3.8, 4) is 0 Å². The minimum Gasteiger partial charge on any atom is -0.356 e. The molecule has 166 valence electrons. The first-order valence-electron chi connectivity index (χ1n) is 11.6. The van der Waals surface area contributed by atoms with Crippen molar-refractivity contribution in [2.75, 3.05) is 55.6 Å². The Morgan fingerprint density at radius 2 is 1.80 bits per heavy atom. The Balaban J connectivity index is 1.23. The van der Waals surface area contributed by atoms with Crippen molar-refractivity contribution in [1.82, 2.24) is 20.4 Å². The number of nitrogens with zero attached hydrogens (tertiary/aromatic N) is 5. The molecule has 4 heterocycles. The SMILES string of the molecule is O=C(NCCCN1CCCCC1)[C@H]1CCCN(c2nnc(N3CCCCC3=O)s2)C1. The van der Waals surface area contributed by atoms with Crippen LogP contribution in [-0.4, -0.2) is 72.7 Å². The number of aromatic nitrogens is 2. The van der Waals surface area contributed by atoms with Gasteiger partial charge >= 0.3 is 0 Å². The van der Waals surface area contributed by atoms with Crippen LogP contribution in [0.4, 0.5) is 10.3 Å². The summed E-state index contributed by atoms with van der Waals surface area (Å²) in [6.45, 7) is 6.56. The number of carbonyl (C=O) groups excluding carboxylic acids is 2. The van der Waals surface area contributed by atoms with Crippen LogP contribution in [0.5, 0.6) is 0 Å². The molecule has 0 unspecified atom stereocenters. The standard InChI is InChI=1S/C21H34N6O2S/c28-18-9-2-5-15-27(18)21-24-23-20(30-21)26-14-6-8-17(16-26)19(29)22-10-7-13-25-11-3-1-4-12-25/h17H,1-16H2,(H,22,29)/t17-/m0/s1. The van der Waals surface area contributed by atoms with E-state index in [1.165, 1.54) is 43.7 Å². The second kappa shape index (κ2) is 10.5. The monoisotopic (exact) mass is 434 g/mol. The predicted octanol–water partition coefficient (Wildman–Crippen LogP) is 2.26. The quantitative estimate of drug-likeness (QED) is 0.663. The maximum atomic E-state index is 12.7. The Morgan fingerprint density at radius 1 is 1.00 bits per heavy atom. The molecule has 1 aromatic rings. The minimum atomic E-state index is -0.00212. The molecule has 0 radical (unpaired) electrons. The number of rotatable bonds is 7. The molecule has 0 aromatic carbocycles. The van der Waals surface area contributed by atoms with Crippen LogP contribution >= 0.6 is 11.3 Å². The van der Waals surface area contributed by atoms with Gasteiger partial charge in [0.15, 0.2) is 0 Å². The number of carbonyl (C=O) groups is 2. The zero-order chi connectivity index (χ0) is 20.8. The molecule has 0 bridgehead atoms. The van der Waals surface area contributed by atoms with E-state index in [0.29, 0.717) is 18.1 Å². The third kappa shape index (κ3) is 5.49. The van der Waals surface area contributed by atoms with Crippen LogP contribution < -0.4 is 15.1 Å². The van der Waals surface area contributed by atoms with Crippen LogP contribution in [0.2, 0.25) is 0 Å². The number of anilines is 2. The fourth-order valence-corrected chi connectivity index (χ4v) is 5.58. The molecule has 0 spiro atoms. The molecule has 0 saturated carbocycles. The molecule has 3 fully saturated rings. The smallest absolute Gasteiger partial charge is 0.228 e. The summed E-state index contributed by atoms with van der Waals surface area (Å²) in [5.74, 6) is 0.302. The number of piperidine rings is 3. The highest BCUT2D eigenvalue weighted by Crippen LogP contribution is 2.32. The van der Waals surface area contributed by atoms with Gasteiger partial charge in [0, 0.05) is 32.6 Å². The molecule has 30 heavy (non-hydrogen) atoms. The van der Waals surface area contributed by atoms with Gasteiger partial charge in [-0.15, -0.1) is 10.2 Å². The molecule has 3 aliphatic rings. The summed E-state index contributed by atoms with van der Waals surface area (Å²) < 4.78 is 0. The third-order valence-electron chi connectivity index (χ3n) is 6.42. The van der Waals surface area contributed by atoms with Crippen LogP contribution in [0.3, 0.4) is 0 Å². The summed E-state index contributed by atoms with van der Waals surface area (Å²) in [7, 11) is 0. The van der Waals surface area contributed by atoms with E-state index in [9.17, 15) is 9.59 Å². The van der Waals surface area contributed by atoms with Gasteiger partial charge in [0.25, 0.3) is 0 Å². The normalized spacial score (nSPS) is 23.6. The van der Waals surface area contributed by atoms with Crippen molar-refractivity contribution in [1.29, 1.82) is 0 Å². The summed E-state index contributed by atoms with van der Waals surface area (Å²) in [5, 5.41) is 13.3. The van der Waals surface area contributed by atoms with E-state index in [2.05, 4.69) is 25.3 Å². The fourth-order valence-electron chi connectivity index (χ4n) is 4.66. The summed E-state index contributed by atoms with van der Waals surface area (Å²) in [5.41, 5.74) is 0. The van der Waals surface area contributed by atoms with Crippen LogP contribution in [0, 0.1) is 5.92 Å². The van der Waals surface area contributed by atoms with E-state index >= 15 is 0 Å². The molecule has 4 rings (SSSR count). The Hall–Kier alpha value is -1.74. The molecule has 3 aliphatic heterocycles. The van der Waals surface area contributed by atoms with E-state index in [4.69, 9.17) is 0 Å². The molecule has 1 atom stereocenters. The van der Waals surface area contributed by atoms with Crippen LogP contribution in [-0.2, 0) is 9.59 Å². The molecule has 9 heteroatoms. The van der Waals surface area contributed by atoms with Gasteiger partial charge < -0.3 is 15.1 Å². The topological polar surface area (TPSA) is 81.7 Å². The highest BCUT2D eigenvalue weighted by Gasteiger charge is 2.29. The number of amides is 2. The largest absolute Gasteiger partial charge is 0.356 e. The fraction of sp³-hybridized carbons (Fsp3) is 0.810. The van der Waals surface area contributed by atoms with Gasteiger partial charge in [-0.25, -0.2) is 0 Å². The van der Waals surface area contributed by atoms with Gasteiger partial charge in [0.05, 0.1) is 5.92 Å². The van der Waals surface area contributed by atoms with E-state index < -0.39 is 0 Å². The molecule has 1 aromatic heterocycles. The second-order valence-electron chi connectivity index (χ2n) is 8.70. The van der Waals surface area contributed by atoms with Crippen LogP contribution in [0.1, 0.15) is 57.8 Å². The van der Waals surface area contributed by atoms with Crippen molar-refractivity contribution in [2.24, 2.45) is 5.92 Å². The van der Waals surface area contributed by atoms with Gasteiger partial charge in [-0.3, -0.25) is 14.5 Å². The first kappa shape index (κ1) is 21.5. The third-order valence-corrected chi connectivity index (χ3v) is 7.43. The predicted molar refractivity (Wildman–Crippen MR) is 119 cm³/mol. The van der Waals surface area contributed by atoms with Gasteiger partial charge in [0.1, 0.15) is 0 Å². The number of nitrogens with one attached hydrogen (secondary N) is 1. The first-order chi connectivity index (χ1) is 14.7. The van der Waals surface area contributed by atoms with Crippen molar-refractivity contribution in [3.63, 3.8) is 0 Å². The number of hydrogen-bond acceptors (Lipinski definition) is 7.